The summed E-state index contributed by atoms with van der Waals surface area (Å²) in [5.41, 5.74) is 4.61. The van der Waals surface area contributed by atoms with Crippen LogP contribution < -0.4 is 16.4 Å². The maximum absolute atomic E-state index is 12.6. The molecule has 11 heteroatoms. The topological polar surface area (TPSA) is 151 Å². The molecule has 0 bridgehead atoms. The van der Waals surface area contributed by atoms with Crippen LogP contribution in [0.2, 0.25) is 0 Å². The third-order valence-electron chi connectivity index (χ3n) is 4.52. The van der Waals surface area contributed by atoms with Gasteiger partial charge < -0.3 is 0 Å². The molecule has 2 amide bonds. The number of carbonyl (C=O) groups is 2. The second-order valence-electron chi connectivity index (χ2n) is 6.86. The average Bonchev–Trinajstić information content (AvgIpc) is 2.78. The molecular weight excluding hydrogens is 434 g/mol. The molecule has 0 saturated carbocycles. The summed E-state index contributed by atoms with van der Waals surface area (Å²) in [6.07, 6.45) is 0. The first-order valence-electron chi connectivity index (χ1n) is 9.52. The molecule has 3 rings (SSSR count). The molecule has 164 valence electrons. The zero-order chi connectivity index (χ0) is 23.3. The third kappa shape index (κ3) is 5.16. The van der Waals surface area contributed by atoms with E-state index in [1.54, 1.807) is 31.2 Å². The smallest absolute Gasteiger partial charge is 0.272 e. The highest BCUT2D eigenvalue weighted by atomic mass is 32.2. The minimum atomic E-state index is -3.82. The molecule has 1 heterocycles. The Morgan fingerprint density at radius 3 is 2.34 bits per heavy atom. The molecule has 1 aromatic heterocycles. The zero-order valence-corrected chi connectivity index (χ0v) is 17.8. The highest BCUT2D eigenvalue weighted by Gasteiger charge is 2.20. The largest absolute Gasteiger partial charge is 0.290 e. The van der Waals surface area contributed by atoms with Gasteiger partial charge in [0.1, 0.15) is 5.75 Å². The van der Waals surface area contributed by atoms with Crippen LogP contribution in [0.5, 0.6) is 0 Å². The first-order chi connectivity index (χ1) is 15.2. The van der Waals surface area contributed by atoms with Crippen molar-refractivity contribution in [3.63, 3.8) is 0 Å². The van der Waals surface area contributed by atoms with Gasteiger partial charge in [-0.15, -0.1) is 0 Å². The molecule has 32 heavy (non-hydrogen) atoms. The lowest BCUT2D eigenvalue weighted by molar-refractivity contribution is -0.119. The second kappa shape index (κ2) is 9.40. The van der Waals surface area contributed by atoms with Gasteiger partial charge in [0.15, 0.2) is 15.5 Å². The van der Waals surface area contributed by atoms with Gasteiger partial charge in [-0.05, 0) is 30.7 Å². The molecule has 0 saturated heterocycles. The first-order valence-corrected chi connectivity index (χ1v) is 11.3. The predicted octanol–water partition coefficient (Wildman–Crippen LogP) is 0.664. The van der Waals surface area contributed by atoms with E-state index in [9.17, 15) is 22.8 Å². The van der Waals surface area contributed by atoms with Crippen molar-refractivity contribution in [1.29, 1.82) is 5.26 Å². The van der Waals surface area contributed by atoms with Gasteiger partial charge in [0.2, 0.25) is 0 Å². The summed E-state index contributed by atoms with van der Waals surface area (Å²) >= 11 is 0. The molecule has 10 nitrogen and oxygen atoms in total. The Balaban J connectivity index is 1.68. The minimum absolute atomic E-state index is 0.0808. The molecule has 0 fully saturated rings. The number of benzene rings is 2. The Kier molecular flexibility index (Phi) is 6.65. The van der Waals surface area contributed by atoms with Gasteiger partial charge in [0, 0.05) is 11.9 Å². The molecule has 2 aromatic carbocycles. The van der Waals surface area contributed by atoms with Crippen molar-refractivity contribution in [3.8, 4) is 6.07 Å². The van der Waals surface area contributed by atoms with Gasteiger partial charge in [-0.3, -0.25) is 25.2 Å². The lowest BCUT2D eigenvalue weighted by atomic mass is 10.1. The van der Waals surface area contributed by atoms with Gasteiger partial charge in [0.25, 0.3) is 17.4 Å². The van der Waals surface area contributed by atoms with Crippen LogP contribution in [0.1, 0.15) is 28.5 Å². The summed E-state index contributed by atoms with van der Waals surface area (Å²) < 4.78 is 25.7. The number of amides is 2. The van der Waals surface area contributed by atoms with Gasteiger partial charge in [-0.1, -0.05) is 30.3 Å². The van der Waals surface area contributed by atoms with Gasteiger partial charge in [0.05, 0.1) is 22.8 Å². The highest BCUT2D eigenvalue weighted by Crippen LogP contribution is 2.13. The zero-order valence-electron chi connectivity index (χ0n) is 17.0. The van der Waals surface area contributed by atoms with Crippen LogP contribution in [-0.4, -0.2) is 35.8 Å². The van der Waals surface area contributed by atoms with Crippen molar-refractivity contribution in [2.24, 2.45) is 0 Å². The number of carbonyl (C=O) groups excluding carboxylic acids is 2. The number of hydrazine groups is 1. The summed E-state index contributed by atoms with van der Waals surface area (Å²) in [6.45, 7) is 1.94. The van der Waals surface area contributed by atoms with E-state index in [1.807, 2.05) is 6.07 Å². The SMILES string of the molecule is CCn1nc(C(=O)NNC(=O)CS(=O)(=O)Cc2ccc(C#N)cc2)c2ccccc2c1=O. The number of aromatic nitrogens is 2. The molecule has 0 atom stereocenters. The standard InChI is InChI=1S/C21H19N5O5S/c1-2-26-21(29)17-6-4-3-5-16(17)19(25-26)20(28)24-23-18(27)13-32(30,31)12-15-9-7-14(11-22)8-10-15/h3-10H,2,12-13H2,1H3,(H,23,27)(H,24,28). The first kappa shape index (κ1) is 22.6. The van der Waals surface area contributed by atoms with Gasteiger partial charge in [-0.2, -0.15) is 10.4 Å². The number of fused-ring (bicyclic) bond motifs is 1. The maximum atomic E-state index is 12.6. The van der Waals surface area contributed by atoms with Crippen molar-refractivity contribution in [2.45, 2.75) is 19.2 Å². The number of hydrogen-bond donors (Lipinski definition) is 2. The highest BCUT2D eigenvalue weighted by molar-refractivity contribution is 7.91. The summed E-state index contributed by atoms with van der Waals surface area (Å²) in [5.74, 6) is -2.97. The lowest BCUT2D eigenvalue weighted by Gasteiger charge is -2.11. The van der Waals surface area contributed by atoms with Crippen molar-refractivity contribution in [2.75, 3.05) is 5.75 Å². The lowest BCUT2D eigenvalue weighted by Crippen LogP contribution is -2.45. The number of nitriles is 1. The Morgan fingerprint density at radius 2 is 1.72 bits per heavy atom. The number of hydrogen-bond acceptors (Lipinski definition) is 7. The molecule has 0 unspecified atom stereocenters. The molecular formula is C21H19N5O5S. The maximum Gasteiger partial charge on any atom is 0.290 e. The number of nitrogens with one attached hydrogen (secondary N) is 2. The van der Waals surface area contributed by atoms with Crippen LogP contribution in [-0.2, 0) is 26.9 Å². The Morgan fingerprint density at radius 1 is 1.06 bits per heavy atom. The van der Waals surface area contributed by atoms with Crippen LogP contribution in [0, 0.1) is 11.3 Å². The van der Waals surface area contributed by atoms with Crippen LogP contribution in [0.15, 0.2) is 53.3 Å². The molecule has 0 aliphatic heterocycles. The Labute approximate surface area is 183 Å². The Hall–Kier alpha value is -4.04. The predicted molar refractivity (Wildman–Crippen MR) is 116 cm³/mol. The van der Waals surface area contributed by atoms with E-state index >= 15 is 0 Å². The van der Waals surface area contributed by atoms with Crippen LogP contribution in [0.25, 0.3) is 10.8 Å². The quantitative estimate of drug-likeness (QED) is 0.520. The van der Waals surface area contributed by atoms with Crippen molar-refractivity contribution in [3.05, 3.63) is 75.7 Å². The molecule has 0 aliphatic carbocycles. The van der Waals surface area contributed by atoms with Crippen molar-refractivity contribution in [1.82, 2.24) is 20.6 Å². The third-order valence-corrected chi connectivity index (χ3v) is 5.99. The summed E-state index contributed by atoms with van der Waals surface area (Å²) in [5, 5.41) is 13.4. The monoisotopic (exact) mass is 453 g/mol. The van der Waals surface area contributed by atoms with E-state index in [4.69, 9.17) is 5.26 Å². The van der Waals surface area contributed by atoms with Crippen LogP contribution in [0.3, 0.4) is 0 Å². The van der Waals surface area contributed by atoms with Crippen LogP contribution >= 0.6 is 0 Å². The normalized spacial score (nSPS) is 11.0. The van der Waals surface area contributed by atoms with E-state index in [2.05, 4.69) is 16.0 Å². The fraction of sp³-hybridized carbons (Fsp3) is 0.190. The average molecular weight is 453 g/mol. The number of rotatable bonds is 6. The summed E-state index contributed by atoms with van der Waals surface area (Å²) in [4.78, 5) is 37.0. The second-order valence-corrected chi connectivity index (χ2v) is 8.92. The van der Waals surface area contributed by atoms with Gasteiger partial charge >= 0.3 is 0 Å². The van der Waals surface area contributed by atoms with Crippen molar-refractivity contribution < 1.29 is 18.0 Å². The summed E-state index contributed by atoms with van der Waals surface area (Å²) in [6, 6.07) is 14.3. The van der Waals surface area contributed by atoms with E-state index in [1.165, 1.54) is 24.3 Å². The van der Waals surface area contributed by atoms with Crippen molar-refractivity contribution >= 4 is 32.4 Å². The molecule has 2 N–H and O–H groups in total. The number of sulfone groups is 1. The Bertz CT molecular complexity index is 1390. The number of aryl methyl sites for hydroxylation is 1. The molecule has 3 aromatic rings. The van der Waals surface area contributed by atoms with Gasteiger partial charge in [-0.25, -0.2) is 13.1 Å². The fourth-order valence-electron chi connectivity index (χ4n) is 3.02. The molecule has 0 aliphatic rings. The number of nitrogens with zero attached hydrogens (tertiary/aromatic N) is 3. The minimum Gasteiger partial charge on any atom is -0.272 e. The molecule has 0 radical (unpaired) electrons. The van der Waals surface area contributed by atoms with E-state index in [0.29, 0.717) is 21.9 Å². The van der Waals surface area contributed by atoms with Crippen LogP contribution in [0.4, 0.5) is 0 Å². The van der Waals surface area contributed by atoms with E-state index < -0.39 is 33.2 Å². The van der Waals surface area contributed by atoms with E-state index in [0.717, 1.165) is 4.68 Å². The molecule has 0 spiro atoms. The van der Waals surface area contributed by atoms with E-state index in [-0.39, 0.29) is 17.8 Å². The fourth-order valence-corrected chi connectivity index (χ4v) is 4.29. The summed E-state index contributed by atoms with van der Waals surface area (Å²) in [7, 11) is -3.82.